The summed E-state index contributed by atoms with van der Waals surface area (Å²) in [6.07, 6.45) is 1.66. The van der Waals surface area contributed by atoms with Gasteiger partial charge in [-0.25, -0.2) is 9.97 Å². The van der Waals surface area contributed by atoms with Crippen LogP contribution in [0, 0.1) is 20.8 Å². The van der Waals surface area contributed by atoms with Crippen LogP contribution < -0.4 is 27.4 Å². The molecule has 6 rings (SSSR count). The van der Waals surface area contributed by atoms with Crippen molar-refractivity contribution in [3.8, 4) is 0 Å². The van der Waals surface area contributed by atoms with E-state index in [9.17, 15) is 14.4 Å². The van der Waals surface area contributed by atoms with Gasteiger partial charge in [-0.1, -0.05) is 12.1 Å². The van der Waals surface area contributed by atoms with Crippen LogP contribution in [0.1, 0.15) is 64.6 Å². The fourth-order valence-electron chi connectivity index (χ4n) is 6.14. The summed E-state index contributed by atoms with van der Waals surface area (Å²) in [5.74, 6) is -0.152. The Balaban J connectivity index is 0.00000175. The summed E-state index contributed by atoms with van der Waals surface area (Å²) in [4.78, 5) is 57.2. The van der Waals surface area contributed by atoms with Crippen molar-refractivity contribution in [1.82, 2.24) is 38.7 Å². The highest BCUT2D eigenvalue weighted by Gasteiger charge is 2.21. The third-order valence-electron chi connectivity index (χ3n) is 8.47. The molecule has 0 atom stereocenters. The first-order valence-corrected chi connectivity index (χ1v) is 17.3. The Morgan fingerprint density at radius 3 is 1.85 bits per heavy atom. The summed E-state index contributed by atoms with van der Waals surface area (Å²) in [5, 5.41) is 17.6. The number of hydrogen-bond donors (Lipinski definition) is 5. The number of anilines is 3. The molecule has 0 aliphatic rings. The second-order valence-corrected chi connectivity index (χ2v) is 12.3. The van der Waals surface area contributed by atoms with Crippen molar-refractivity contribution < 1.29 is 19.2 Å². The zero-order valence-electron chi connectivity index (χ0n) is 30.5. The molecule has 4 heterocycles. The average molecular weight is 724 g/mol. The summed E-state index contributed by atoms with van der Waals surface area (Å²) >= 11 is 0. The van der Waals surface area contributed by atoms with Crippen LogP contribution >= 0.6 is 0 Å². The lowest BCUT2D eigenvalue weighted by Crippen LogP contribution is -2.21. The number of fused-ring (bicyclic) bond motifs is 2. The van der Waals surface area contributed by atoms with Gasteiger partial charge in [-0.2, -0.15) is 10.2 Å². The number of nitrogens with zero attached hydrogens (tertiary/aromatic N) is 8. The lowest BCUT2D eigenvalue weighted by molar-refractivity contribution is -0.115. The molecule has 0 saturated carbocycles. The van der Waals surface area contributed by atoms with Gasteiger partial charge < -0.3 is 25.9 Å². The van der Waals surface area contributed by atoms with Gasteiger partial charge in [-0.15, -0.1) is 0 Å². The fourth-order valence-corrected chi connectivity index (χ4v) is 6.14. The van der Waals surface area contributed by atoms with Crippen molar-refractivity contribution in [3.63, 3.8) is 0 Å². The number of aryl methyl sites for hydroxylation is 7. The van der Waals surface area contributed by atoms with Crippen LogP contribution in [0.5, 0.6) is 0 Å². The maximum atomic E-state index is 13.5. The Kier molecular flexibility index (Phi) is 12.0. The van der Waals surface area contributed by atoms with E-state index in [1.54, 1.807) is 27.6 Å². The zero-order chi connectivity index (χ0) is 38.2. The molecule has 17 heteroatoms. The minimum atomic E-state index is -0.347. The largest absolute Gasteiger partial charge is 0.372 e. The Morgan fingerprint density at radius 2 is 1.30 bits per heavy atom. The molecule has 0 bridgehead atoms. The summed E-state index contributed by atoms with van der Waals surface area (Å²) in [6, 6.07) is 15.0. The molecule has 4 amide bonds. The van der Waals surface area contributed by atoms with E-state index in [-0.39, 0.29) is 30.7 Å². The van der Waals surface area contributed by atoms with Crippen LogP contribution in [0.25, 0.3) is 22.1 Å². The second-order valence-electron chi connectivity index (χ2n) is 12.3. The molecule has 2 aromatic carbocycles. The lowest BCUT2D eigenvalue weighted by atomic mass is 10.2. The number of primary amides is 1. The minimum absolute atomic E-state index is 0.173. The monoisotopic (exact) mass is 723 g/mol. The number of aromatic nitrogens is 8. The van der Waals surface area contributed by atoms with Gasteiger partial charge in [0.15, 0.2) is 0 Å². The molecule has 53 heavy (non-hydrogen) atoms. The van der Waals surface area contributed by atoms with E-state index in [0.29, 0.717) is 73.5 Å². The highest BCUT2D eigenvalue weighted by molar-refractivity contribution is 6.05. The minimum Gasteiger partial charge on any atom is -0.372 e. The van der Waals surface area contributed by atoms with Gasteiger partial charge in [0, 0.05) is 26.2 Å². The molecule has 17 nitrogen and oxygen atoms in total. The number of rotatable bonds is 13. The van der Waals surface area contributed by atoms with Crippen LogP contribution in [-0.4, -0.2) is 69.3 Å². The molecule has 278 valence electrons. The van der Waals surface area contributed by atoms with Gasteiger partial charge in [0.05, 0.1) is 40.2 Å². The number of unbranched alkanes of at least 4 members (excludes halogenated alkanes) is 1. The number of nitrogens with one attached hydrogen (secondary N) is 3. The van der Waals surface area contributed by atoms with E-state index < -0.39 is 0 Å². The molecule has 0 radical (unpaired) electrons. The Labute approximate surface area is 305 Å². The highest BCUT2D eigenvalue weighted by atomic mass is 16.2. The summed E-state index contributed by atoms with van der Waals surface area (Å²) < 4.78 is 7.29. The van der Waals surface area contributed by atoms with Crippen LogP contribution in [0.15, 0.2) is 48.5 Å². The standard InChI is InChI=1S/C35H42N12O3.CH3NO/c1-6-46-28(18-22(4)42-46)32(49)40-34-38-25-17-21(3)13-14-26(25)44(34)15-8-9-16-45-27-12-10-11-24(37-30(48)20-36)31(27)39-35(45)41-33(50)29-19-23(5)43-47(29)7-2;2-1-3/h10-14,17-19H,6-9,15-16,20,36H2,1-5H3,(H,37,48)(H,38,40,49)(H,39,41,50);1H,(H2,2,3). The van der Waals surface area contributed by atoms with Crippen molar-refractivity contribution in [2.24, 2.45) is 11.5 Å². The summed E-state index contributed by atoms with van der Waals surface area (Å²) in [5.41, 5.74) is 16.7. The highest BCUT2D eigenvalue weighted by Crippen LogP contribution is 2.28. The summed E-state index contributed by atoms with van der Waals surface area (Å²) in [7, 11) is 0. The summed E-state index contributed by atoms with van der Waals surface area (Å²) in [6.45, 7) is 11.6. The predicted octanol–water partition coefficient (Wildman–Crippen LogP) is 3.73. The van der Waals surface area contributed by atoms with Gasteiger partial charge in [0.1, 0.15) is 16.9 Å². The molecule has 0 unspecified atom stereocenters. The Hall–Kier alpha value is -6.36. The number of nitrogens with two attached hydrogens (primary N) is 2. The fraction of sp³-hybridized carbons (Fsp3) is 0.333. The number of benzene rings is 2. The zero-order valence-corrected chi connectivity index (χ0v) is 30.5. The average Bonchev–Trinajstić information content (AvgIpc) is 3.89. The first kappa shape index (κ1) is 37.9. The Morgan fingerprint density at radius 1 is 0.755 bits per heavy atom. The quantitative estimate of drug-likeness (QED) is 0.0863. The van der Waals surface area contributed by atoms with Crippen LogP contribution in [-0.2, 0) is 35.8 Å². The number of para-hydroxylation sites is 1. The van der Waals surface area contributed by atoms with Crippen molar-refractivity contribution in [3.05, 3.63) is 76.9 Å². The normalized spacial score (nSPS) is 11.0. The molecule has 4 aromatic heterocycles. The molecular weight excluding hydrogens is 678 g/mol. The molecule has 6 aromatic rings. The van der Waals surface area contributed by atoms with E-state index in [1.165, 1.54) is 0 Å². The number of hydrogen-bond acceptors (Lipinski definition) is 9. The van der Waals surface area contributed by atoms with E-state index in [4.69, 9.17) is 20.5 Å². The van der Waals surface area contributed by atoms with Crippen molar-refractivity contribution in [1.29, 1.82) is 0 Å². The first-order valence-electron chi connectivity index (χ1n) is 17.3. The topological polar surface area (TPSA) is 228 Å². The molecule has 7 N–H and O–H groups in total. The predicted molar refractivity (Wildman–Crippen MR) is 203 cm³/mol. The van der Waals surface area contributed by atoms with Gasteiger partial charge in [0.2, 0.25) is 24.2 Å². The molecule has 0 saturated heterocycles. The van der Waals surface area contributed by atoms with E-state index in [0.717, 1.165) is 33.5 Å². The molecule has 0 aliphatic carbocycles. The maximum absolute atomic E-state index is 13.5. The van der Waals surface area contributed by atoms with E-state index in [2.05, 4.69) is 31.9 Å². The van der Waals surface area contributed by atoms with Crippen molar-refractivity contribution in [2.45, 2.75) is 73.6 Å². The SMILES string of the molecule is CCn1nc(C)cc1C(=O)Nc1nc2cc(C)ccc2n1CCCCn1c(NC(=O)c2cc(C)nn2CC)nc2c(NC(=O)CN)cccc21.NC=O. The third-order valence-corrected chi connectivity index (χ3v) is 8.47. The van der Waals surface area contributed by atoms with Crippen molar-refractivity contribution >= 4 is 63.8 Å². The first-order chi connectivity index (χ1) is 25.5. The molecular formula is C36H45N13O4. The Bertz CT molecular complexity index is 2280. The van der Waals surface area contributed by atoms with Crippen LogP contribution in [0.4, 0.5) is 17.6 Å². The lowest BCUT2D eigenvalue weighted by Gasteiger charge is -2.13. The van der Waals surface area contributed by atoms with Gasteiger partial charge in [0.25, 0.3) is 11.8 Å². The molecule has 0 aliphatic heterocycles. The number of amides is 4. The number of carbonyl (C=O) groups excluding carboxylic acids is 4. The van der Waals surface area contributed by atoms with Gasteiger partial charge in [-0.3, -0.25) is 39.2 Å². The maximum Gasteiger partial charge on any atom is 0.276 e. The molecule has 0 spiro atoms. The second kappa shape index (κ2) is 16.8. The van der Waals surface area contributed by atoms with Crippen molar-refractivity contribution in [2.75, 3.05) is 22.5 Å². The van der Waals surface area contributed by atoms with Crippen LogP contribution in [0.3, 0.4) is 0 Å². The van der Waals surface area contributed by atoms with Gasteiger partial charge in [-0.05, 0) is 89.4 Å². The third kappa shape index (κ3) is 8.41. The smallest absolute Gasteiger partial charge is 0.276 e. The molecule has 0 fully saturated rings. The van der Waals surface area contributed by atoms with E-state index >= 15 is 0 Å². The van der Waals surface area contributed by atoms with E-state index in [1.807, 2.05) is 74.1 Å². The van der Waals surface area contributed by atoms with Crippen LogP contribution in [0.2, 0.25) is 0 Å². The number of imidazole rings is 2. The number of carbonyl (C=O) groups is 4. The van der Waals surface area contributed by atoms with Gasteiger partial charge >= 0.3 is 0 Å².